The number of rotatable bonds is 3. The molecule has 0 aromatic heterocycles. The van der Waals surface area contributed by atoms with Crippen molar-refractivity contribution in [2.24, 2.45) is 0 Å². The van der Waals surface area contributed by atoms with Crippen molar-refractivity contribution >= 4 is 0 Å². The zero-order valence-corrected chi connectivity index (χ0v) is 10.2. The monoisotopic (exact) mass is 238 g/mol. The van der Waals surface area contributed by atoms with Gasteiger partial charge in [0.05, 0.1) is 0 Å². The summed E-state index contributed by atoms with van der Waals surface area (Å²) in [5.41, 5.74) is -1.67. The van der Waals surface area contributed by atoms with Gasteiger partial charge in [-0.15, -0.1) is 0 Å². The maximum atomic E-state index is 13.1. The molecule has 5 heteroatoms. The minimum Gasteiger partial charge on any atom is -0.304 e. The Bertz CT molecular complexity index is 226. The Morgan fingerprint density at radius 2 is 2.06 bits per heavy atom. The lowest BCUT2D eigenvalue weighted by atomic mass is 9.83. The number of hydrogen-bond acceptors (Lipinski definition) is 2. The maximum absolute atomic E-state index is 13.1. The largest absolute Gasteiger partial charge is 0.406 e. The van der Waals surface area contributed by atoms with Crippen molar-refractivity contribution in [3.8, 4) is 0 Å². The van der Waals surface area contributed by atoms with Crippen LogP contribution in [0, 0.1) is 0 Å². The molecule has 1 rings (SSSR count). The molecule has 0 saturated carbocycles. The lowest BCUT2D eigenvalue weighted by Gasteiger charge is -2.45. The Kier molecular flexibility index (Phi) is 4.23. The molecule has 1 saturated heterocycles. The van der Waals surface area contributed by atoms with Gasteiger partial charge in [-0.25, -0.2) is 0 Å². The molecule has 0 spiro atoms. The van der Waals surface area contributed by atoms with Crippen LogP contribution in [0.3, 0.4) is 0 Å². The van der Waals surface area contributed by atoms with Crippen molar-refractivity contribution in [3.05, 3.63) is 0 Å². The average Bonchev–Trinajstić information content (AvgIpc) is 2.18. The van der Waals surface area contributed by atoms with Gasteiger partial charge in [0.2, 0.25) is 0 Å². The lowest BCUT2D eigenvalue weighted by Crippen LogP contribution is -2.63. The summed E-state index contributed by atoms with van der Waals surface area (Å²) in [6, 6.07) is -0.0280. The number of nitrogens with one attached hydrogen (secondary N) is 1. The van der Waals surface area contributed by atoms with Crippen LogP contribution in [0.1, 0.15) is 33.1 Å². The molecule has 1 fully saturated rings. The summed E-state index contributed by atoms with van der Waals surface area (Å²) in [5.74, 6) is 0. The Balaban J connectivity index is 2.80. The van der Waals surface area contributed by atoms with Crippen molar-refractivity contribution in [1.82, 2.24) is 10.2 Å². The summed E-state index contributed by atoms with van der Waals surface area (Å²) in [6.45, 7) is 4.66. The molecule has 0 bridgehead atoms. The van der Waals surface area contributed by atoms with Gasteiger partial charge in [-0.3, -0.25) is 0 Å². The molecule has 0 aromatic rings. The SMILES string of the molecule is CCCNC1(C(F)(F)F)CCN(C)C(C)C1. The second kappa shape index (κ2) is 4.92. The highest BCUT2D eigenvalue weighted by molar-refractivity contribution is 5.01. The summed E-state index contributed by atoms with van der Waals surface area (Å²) in [7, 11) is 1.88. The zero-order valence-electron chi connectivity index (χ0n) is 10.2. The van der Waals surface area contributed by atoms with Crippen molar-refractivity contribution in [2.45, 2.75) is 50.9 Å². The van der Waals surface area contributed by atoms with Gasteiger partial charge in [0.25, 0.3) is 0 Å². The zero-order chi connectivity index (χ0) is 12.4. The van der Waals surface area contributed by atoms with Crippen LogP contribution in [0.15, 0.2) is 0 Å². The Labute approximate surface area is 95.2 Å². The summed E-state index contributed by atoms with van der Waals surface area (Å²) >= 11 is 0. The summed E-state index contributed by atoms with van der Waals surface area (Å²) in [6.07, 6.45) is -3.13. The fraction of sp³-hybridized carbons (Fsp3) is 1.00. The van der Waals surface area contributed by atoms with E-state index in [1.54, 1.807) is 0 Å². The van der Waals surface area contributed by atoms with E-state index in [-0.39, 0.29) is 18.9 Å². The van der Waals surface area contributed by atoms with Crippen LogP contribution in [0.4, 0.5) is 13.2 Å². The molecule has 2 atom stereocenters. The average molecular weight is 238 g/mol. The van der Waals surface area contributed by atoms with Gasteiger partial charge in [-0.1, -0.05) is 6.92 Å². The highest BCUT2D eigenvalue weighted by Gasteiger charge is 2.56. The standard InChI is InChI=1S/C11H21F3N2/c1-4-6-15-10(11(12,13)14)5-7-16(3)9(2)8-10/h9,15H,4-8H2,1-3H3. The van der Waals surface area contributed by atoms with Crippen molar-refractivity contribution in [3.63, 3.8) is 0 Å². The van der Waals surface area contributed by atoms with E-state index in [0.29, 0.717) is 13.1 Å². The predicted octanol–water partition coefficient (Wildman–Crippen LogP) is 2.40. The van der Waals surface area contributed by atoms with Crippen LogP contribution in [-0.4, -0.2) is 42.8 Å². The lowest BCUT2D eigenvalue weighted by molar-refractivity contribution is -0.212. The van der Waals surface area contributed by atoms with Crippen LogP contribution >= 0.6 is 0 Å². The topological polar surface area (TPSA) is 15.3 Å². The predicted molar refractivity (Wildman–Crippen MR) is 58.4 cm³/mol. The first kappa shape index (κ1) is 13.8. The van der Waals surface area contributed by atoms with Crippen molar-refractivity contribution in [1.29, 1.82) is 0 Å². The summed E-state index contributed by atoms with van der Waals surface area (Å²) in [5, 5.41) is 2.72. The quantitative estimate of drug-likeness (QED) is 0.812. The number of hydrogen-bond donors (Lipinski definition) is 1. The van der Waals surface area contributed by atoms with Crippen LogP contribution in [-0.2, 0) is 0 Å². The molecule has 2 nitrogen and oxygen atoms in total. The number of likely N-dealkylation sites (tertiary alicyclic amines) is 1. The van der Waals surface area contributed by atoms with Gasteiger partial charge in [-0.2, -0.15) is 13.2 Å². The molecule has 0 aromatic carbocycles. The van der Waals surface area contributed by atoms with Crippen LogP contribution in [0.5, 0.6) is 0 Å². The molecular weight excluding hydrogens is 217 g/mol. The molecule has 1 aliphatic heterocycles. The molecule has 96 valence electrons. The Morgan fingerprint density at radius 3 is 2.50 bits per heavy atom. The van der Waals surface area contributed by atoms with E-state index in [0.717, 1.165) is 6.42 Å². The minimum absolute atomic E-state index is 0.0280. The van der Waals surface area contributed by atoms with Gasteiger partial charge < -0.3 is 10.2 Å². The molecule has 16 heavy (non-hydrogen) atoms. The van der Waals surface area contributed by atoms with Gasteiger partial charge in [-0.05, 0) is 39.8 Å². The van der Waals surface area contributed by atoms with E-state index in [4.69, 9.17) is 0 Å². The number of halogens is 3. The maximum Gasteiger partial charge on any atom is 0.406 e. The van der Waals surface area contributed by atoms with Crippen LogP contribution in [0.2, 0.25) is 0 Å². The van der Waals surface area contributed by atoms with E-state index in [2.05, 4.69) is 5.32 Å². The third kappa shape index (κ3) is 2.69. The third-order valence-electron chi connectivity index (χ3n) is 3.54. The molecule has 0 aliphatic carbocycles. The molecule has 0 amide bonds. The summed E-state index contributed by atoms with van der Waals surface area (Å²) in [4.78, 5) is 1.98. The number of alkyl halides is 3. The highest BCUT2D eigenvalue weighted by Crippen LogP contribution is 2.40. The first-order valence-corrected chi connectivity index (χ1v) is 5.84. The highest BCUT2D eigenvalue weighted by atomic mass is 19.4. The van der Waals surface area contributed by atoms with Crippen LogP contribution in [0.25, 0.3) is 0 Å². The van der Waals surface area contributed by atoms with E-state index in [9.17, 15) is 13.2 Å². The molecular formula is C11H21F3N2. The normalized spacial score (nSPS) is 33.0. The minimum atomic E-state index is -4.16. The van der Waals surface area contributed by atoms with Gasteiger partial charge in [0, 0.05) is 12.6 Å². The molecule has 0 radical (unpaired) electrons. The smallest absolute Gasteiger partial charge is 0.304 e. The molecule has 2 unspecified atom stereocenters. The third-order valence-corrected chi connectivity index (χ3v) is 3.54. The second-order valence-corrected chi connectivity index (χ2v) is 4.79. The Morgan fingerprint density at radius 1 is 1.44 bits per heavy atom. The van der Waals surface area contributed by atoms with E-state index in [1.807, 2.05) is 25.8 Å². The second-order valence-electron chi connectivity index (χ2n) is 4.79. The number of piperidine rings is 1. The van der Waals surface area contributed by atoms with E-state index < -0.39 is 11.7 Å². The molecule has 1 N–H and O–H groups in total. The first-order chi connectivity index (χ1) is 7.32. The van der Waals surface area contributed by atoms with Gasteiger partial charge in [0.1, 0.15) is 5.54 Å². The van der Waals surface area contributed by atoms with Gasteiger partial charge in [0.15, 0.2) is 0 Å². The molecule has 1 aliphatic rings. The summed E-state index contributed by atoms with van der Waals surface area (Å²) < 4.78 is 39.4. The van der Waals surface area contributed by atoms with E-state index in [1.165, 1.54) is 0 Å². The Hall–Kier alpha value is -0.290. The van der Waals surface area contributed by atoms with Crippen molar-refractivity contribution < 1.29 is 13.2 Å². The number of nitrogens with zero attached hydrogens (tertiary/aromatic N) is 1. The van der Waals surface area contributed by atoms with Crippen LogP contribution < -0.4 is 5.32 Å². The fourth-order valence-electron chi connectivity index (χ4n) is 2.23. The molecule has 1 heterocycles. The first-order valence-electron chi connectivity index (χ1n) is 5.84. The van der Waals surface area contributed by atoms with Gasteiger partial charge >= 0.3 is 6.18 Å². The fourth-order valence-corrected chi connectivity index (χ4v) is 2.23. The van der Waals surface area contributed by atoms with E-state index >= 15 is 0 Å². The van der Waals surface area contributed by atoms with Crippen molar-refractivity contribution in [2.75, 3.05) is 20.1 Å².